The largest absolute Gasteiger partial charge is 0.434 e. The van der Waals surface area contributed by atoms with E-state index in [0.29, 0.717) is 31.6 Å². The van der Waals surface area contributed by atoms with Crippen LogP contribution < -0.4 is 5.32 Å². The first-order valence-corrected chi connectivity index (χ1v) is 10.9. The number of hydrogen-bond acceptors (Lipinski definition) is 7. The molecule has 0 aliphatic heterocycles. The molecule has 0 fully saturated rings. The first-order valence-electron chi connectivity index (χ1n) is 8.80. The van der Waals surface area contributed by atoms with Crippen LogP contribution in [0, 0.1) is 5.82 Å². The average molecular weight is 489 g/mol. The number of thiazole rings is 1. The van der Waals surface area contributed by atoms with Crippen LogP contribution in [0.1, 0.15) is 34.1 Å². The average Bonchev–Trinajstić information content (AvgIpc) is 3.45. The van der Waals surface area contributed by atoms with Crippen LogP contribution in [0.3, 0.4) is 0 Å². The Hall–Kier alpha value is -2.57. The van der Waals surface area contributed by atoms with E-state index in [-0.39, 0.29) is 6.54 Å². The molecule has 0 radical (unpaired) electrons. The summed E-state index contributed by atoms with van der Waals surface area (Å²) >= 11 is 8.16. The number of benzene rings is 1. The van der Waals surface area contributed by atoms with E-state index in [1.165, 1.54) is 28.2 Å². The topological polar surface area (TPSA) is 68.5 Å². The van der Waals surface area contributed by atoms with Crippen LogP contribution in [0.4, 0.5) is 28.5 Å². The van der Waals surface area contributed by atoms with Crippen LogP contribution in [0.2, 0.25) is 5.02 Å². The molecule has 0 aliphatic rings. The molecule has 1 N–H and O–H groups in total. The van der Waals surface area contributed by atoms with Crippen molar-refractivity contribution in [3.63, 3.8) is 0 Å². The van der Waals surface area contributed by atoms with E-state index in [2.05, 4.69) is 25.6 Å². The molecule has 0 bridgehead atoms. The molecule has 3 aromatic heterocycles. The third kappa shape index (κ3) is 4.86. The van der Waals surface area contributed by atoms with Crippen LogP contribution in [-0.2, 0) is 12.7 Å². The zero-order valence-electron chi connectivity index (χ0n) is 15.7. The van der Waals surface area contributed by atoms with Crippen molar-refractivity contribution in [3.05, 3.63) is 68.0 Å². The zero-order valence-corrected chi connectivity index (χ0v) is 18.1. The standard InChI is InChI=1S/C18H13ClF4N6S2/c1-9(15-24-13(8-30-15)18(21,22)23)16-26-27-17(31-16)25-14-5-6-29(28-14)7-10-11(19)3-2-4-12(10)20/h2-6,8-9H,7H2,1H3,(H,25,27,28). The highest BCUT2D eigenvalue weighted by molar-refractivity contribution is 7.15. The van der Waals surface area contributed by atoms with Crippen molar-refractivity contribution in [1.82, 2.24) is 25.0 Å². The fourth-order valence-corrected chi connectivity index (χ4v) is 4.64. The summed E-state index contributed by atoms with van der Waals surface area (Å²) in [7, 11) is 0. The maximum absolute atomic E-state index is 14.0. The first kappa shape index (κ1) is 21.7. The molecule has 1 atom stereocenters. The highest BCUT2D eigenvalue weighted by Gasteiger charge is 2.34. The Morgan fingerprint density at radius 2 is 2.00 bits per heavy atom. The van der Waals surface area contributed by atoms with E-state index in [1.54, 1.807) is 25.3 Å². The number of rotatable bonds is 6. The van der Waals surface area contributed by atoms with Gasteiger partial charge in [-0.15, -0.1) is 21.5 Å². The van der Waals surface area contributed by atoms with Crippen molar-refractivity contribution in [2.45, 2.75) is 25.6 Å². The second kappa shape index (κ2) is 8.52. The molecule has 1 unspecified atom stereocenters. The van der Waals surface area contributed by atoms with Gasteiger partial charge in [0.05, 0.1) is 12.5 Å². The third-order valence-electron chi connectivity index (χ3n) is 4.25. The van der Waals surface area contributed by atoms with Crippen LogP contribution in [-0.4, -0.2) is 25.0 Å². The predicted octanol–water partition coefficient (Wildman–Crippen LogP) is 5.95. The van der Waals surface area contributed by atoms with Gasteiger partial charge >= 0.3 is 6.18 Å². The number of nitrogens with zero attached hydrogens (tertiary/aromatic N) is 5. The molecule has 6 nitrogen and oxygen atoms in total. The molecule has 0 amide bonds. The van der Waals surface area contributed by atoms with Gasteiger partial charge in [-0.05, 0) is 19.1 Å². The molecule has 162 valence electrons. The van der Waals surface area contributed by atoms with Gasteiger partial charge in [0.2, 0.25) is 5.13 Å². The van der Waals surface area contributed by atoms with Gasteiger partial charge in [0, 0.05) is 28.2 Å². The predicted molar refractivity (Wildman–Crippen MR) is 111 cm³/mol. The number of alkyl halides is 3. The summed E-state index contributed by atoms with van der Waals surface area (Å²) in [5, 5.41) is 17.9. The molecule has 4 aromatic rings. The van der Waals surface area contributed by atoms with Gasteiger partial charge in [-0.25, -0.2) is 9.37 Å². The van der Waals surface area contributed by atoms with Crippen LogP contribution >= 0.6 is 34.3 Å². The van der Waals surface area contributed by atoms with Gasteiger partial charge in [-0.2, -0.15) is 18.3 Å². The molecule has 0 spiro atoms. The Kier molecular flexibility index (Phi) is 5.95. The monoisotopic (exact) mass is 488 g/mol. The number of aromatic nitrogens is 5. The zero-order chi connectivity index (χ0) is 22.2. The number of halogens is 5. The molecule has 4 rings (SSSR count). The van der Waals surface area contributed by atoms with Crippen molar-refractivity contribution in [1.29, 1.82) is 0 Å². The molecule has 0 saturated heterocycles. The molecular weight excluding hydrogens is 476 g/mol. The molecule has 3 heterocycles. The SMILES string of the molecule is CC(c1nc(C(F)(F)F)cs1)c1nnc(Nc2ccn(Cc3c(F)cccc3Cl)n2)s1. The molecule has 1 aromatic carbocycles. The van der Waals surface area contributed by atoms with Crippen LogP contribution in [0.25, 0.3) is 0 Å². The maximum Gasteiger partial charge on any atom is 0.434 e. The van der Waals surface area contributed by atoms with Crippen molar-refractivity contribution in [2.24, 2.45) is 0 Å². The van der Waals surface area contributed by atoms with E-state index in [0.717, 1.165) is 16.7 Å². The minimum atomic E-state index is -4.48. The smallest absolute Gasteiger partial charge is 0.313 e. The summed E-state index contributed by atoms with van der Waals surface area (Å²) in [6.07, 6.45) is -2.82. The highest BCUT2D eigenvalue weighted by atomic mass is 35.5. The Labute approximate surface area is 186 Å². The normalized spacial score (nSPS) is 12.8. The molecule has 13 heteroatoms. The van der Waals surface area contributed by atoms with E-state index in [1.807, 2.05) is 0 Å². The van der Waals surface area contributed by atoms with Gasteiger partial charge < -0.3 is 5.32 Å². The minimum Gasteiger partial charge on any atom is -0.313 e. The lowest BCUT2D eigenvalue weighted by Gasteiger charge is -2.06. The first-order chi connectivity index (χ1) is 14.7. The molecule has 0 aliphatic carbocycles. The number of nitrogens with one attached hydrogen (secondary N) is 1. The molecule has 31 heavy (non-hydrogen) atoms. The lowest BCUT2D eigenvalue weighted by molar-refractivity contribution is -0.140. The second-order valence-corrected chi connectivity index (χ2v) is 8.77. The van der Waals surface area contributed by atoms with Crippen LogP contribution in [0.15, 0.2) is 35.8 Å². The Morgan fingerprint density at radius 1 is 1.19 bits per heavy atom. The van der Waals surface area contributed by atoms with Gasteiger partial charge in [0.15, 0.2) is 11.5 Å². The molecule has 0 saturated carbocycles. The van der Waals surface area contributed by atoms with Gasteiger partial charge in [0.1, 0.15) is 15.8 Å². The Balaban J connectivity index is 1.44. The lowest BCUT2D eigenvalue weighted by atomic mass is 10.2. The lowest BCUT2D eigenvalue weighted by Crippen LogP contribution is -2.06. The van der Waals surface area contributed by atoms with Crippen molar-refractivity contribution >= 4 is 45.2 Å². The summed E-state index contributed by atoms with van der Waals surface area (Å²) in [4.78, 5) is 3.66. The Morgan fingerprint density at radius 3 is 2.71 bits per heavy atom. The van der Waals surface area contributed by atoms with Gasteiger partial charge in [-0.3, -0.25) is 4.68 Å². The highest BCUT2D eigenvalue weighted by Crippen LogP contribution is 2.35. The minimum absolute atomic E-state index is 0.150. The maximum atomic E-state index is 14.0. The van der Waals surface area contributed by atoms with Gasteiger partial charge in [-0.1, -0.05) is 29.0 Å². The quantitative estimate of drug-likeness (QED) is 0.340. The fourth-order valence-electron chi connectivity index (χ4n) is 2.65. The van der Waals surface area contributed by atoms with E-state index < -0.39 is 23.6 Å². The number of hydrogen-bond donors (Lipinski definition) is 1. The number of anilines is 2. The Bertz CT molecular complexity index is 1180. The second-order valence-electron chi connectivity index (χ2n) is 6.46. The summed E-state index contributed by atoms with van der Waals surface area (Å²) in [5.41, 5.74) is -0.588. The summed E-state index contributed by atoms with van der Waals surface area (Å²) in [6, 6.07) is 6.14. The van der Waals surface area contributed by atoms with E-state index in [9.17, 15) is 17.6 Å². The summed E-state index contributed by atoms with van der Waals surface area (Å²) < 4.78 is 53.8. The van der Waals surface area contributed by atoms with Crippen molar-refractivity contribution in [2.75, 3.05) is 5.32 Å². The van der Waals surface area contributed by atoms with Crippen molar-refractivity contribution in [3.8, 4) is 0 Å². The summed E-state index contributed by atoms with van der Waals surface area (Å²) in [5.74, 6) is -0.401. The summed E-state index contributed by atoms with van der Waals surface area (Å²) in [6.45, 7) is 1.87. The van der Waals surface area contributed by atoms with Crippen molar-refractivity contribution < 1.29 is 17.6 Å². The van der Waals surface area contributed by atoms with E-state index >= 15 is 0 Å². The third-order valence-corrected chi connectivity index (χ3v) is 6.65. The van der Waals surface area contributed by atoms with Crippen LogP contribution in [0.5, 0.6) is 0 Å². The fraction of sp³-hybridized carbons (Fsp3) is 0.222. The molecular formula is C18H13ClF4N6S2. The van der Waals surface area contributed by atoms with Gasteiger partial charge in [0.25, 0.3) is 0 Å². The van der Waals surface area contributed by atoms with E-state index in [4.69, 9.17) is 11.6 Å².